The summed E-state index contributed by atoms with van der Waals surface area (Å²) in [6.07, 6.45) is 0. The summed E-state index contributed by atoms with van der Waals surface area (Å²) in [4.78, 5) is -2.28. The van der Waals surface area contributed by atoms with Crippen LogP contribution in [0.3, 0.4) is 0 Å². The van der Waals surface area contributed by atoms with Crippen molar-refractivity contribution in [3.8, 4) is 0 Å². The number of ether oxygens (including phenoxy) is 1. The summed E-state index contributed by atoms with van der Waals surface area (Å²) >= 11 is 38.0. The molecule has 0 radical (unpaired) electrons. The number of allylic oxidation sites excluding steroid dienone is 2. The standard InChI is InChI=1S/C9H6Cl6O/c10-5-6(11)8(13)4-2-16-1-3(4)7(5,12)9(8,14)15/h3-4H,1-2H2/t3?,4?,7-,8+. The van der Waals surface area contributed by atoms with Gasteiger partial charge in [0.05, 0.1) is 23.3 Å². The van der Waals surface area contributed by atoms with Gasteiger partial charge in [-0.1, -0.05) is 46.4 Å². The fourth-order valence-corrected chi connectivity index (χ4v) is 6.05. The third-order valence-corrected chi connectivity index (χ3v) is 8.20. The van der Waals surface area contributed by atoms with Crippen LogP contribution in [0, 0.1) is 11.8 Å². The summed E-state index contributed by atoms with van der Waals surface area (Å²) in [6, 6.07) is 0. The molecule has 0 aromatic heterocycles. The molecule has 2 aliphatic carbocycles. The first kappa shape index (κ1) is 12.5. The second-order valence-electron chi connectivity index (χ2n) is 4.38. The lowest BCUT2D eigenvalue weighted by molar-refractivity contribution is 0.167. The SMILES string of the molecule is ClC1=C(Cl)[C@]2(Cl)C3COCC3[C@@]1(Cl)C2(Cl)Cl. The monoisotopic (exact) mass is 340 g/mol. The van der Waals surface area contributed by atoms with Gasteiger partial charge in [-0.2, -0.15) is 0 Å². The Balaban J connectivity index is 2.29. The van der Waals surface area contributed by atoms with E-state index in [2.05, 4.69) is 0 Å². The molecule has 0 spiro atoms. The molecule has 16 heavy (non-hydrogen) atoms. The largest absolute Gasteiger partial charge is 0.381 e. The van der Waals surface area contributed by atoms with Crippen LogP contribution in [0.5, 0.6) is 0 Å². The number of fused-ring (bicyclic) bond motifs is 5. The lowest BCUT2D eigenvalue weighted by atomic mass is 9.85. The van der Waals surface area contributed by atoms with Crippen molar-refractivity contribution in [1.29, 1.82) is 0 Å². The minimum absolute atomic E-state index is 0.100. The number of alkyl halides is 4. The zero-order valence-corrected chi connectivity index (χ0v) is 12.3. The van der Waals surface area contributed by atoms with E-state index in [1.54, 1.807) is 0 Å². The molecule has 1 saturated carbocycles. The van der Waals surface area contributed by atoms with Crippen molar-refractivity contribution in [3.63, 3.8) is 0 Å². The first-order valence-corrected chi connectivity index (χ1v) is 6.96. The molecule has 0 aromatic carbocycles. The molecule has 1 heterocycles. The molecule has 2 fully saturated rings. The van der Waals surface area contributed by atoms with Gasteiger partial charge in [-0.25, -0.2) is 0 Å². The van der Waals surface area contributed by atoms with E-state index in [-0.39, 0.29) is 21.9 Å². The lowest BCUT2D eigenvalue weighted by Gasteiger charge is -2.33. The van der Waals surface area contributed by atoms with Gasteiger partial charge in [0.15, 0.2) is 4.33 Å². The van der Waals surface area contributed by atoms with Gasteiger partial charge in [0.2, 0.25) is 0 Å². The fraction of sp³-hybridized carbons (Fsp3) is 0.778. The van der Waals surface area contributed by atoms with Crippen LogP contribution in [0.4, 0.5) is 0 Å². The molecule has 0 aromatic rings. The average molecular weight is 343 g/mol. The number of halogens is 6. The van der Waals surface area contributed by atoms with E-state index in [1.807, 2.05) is 0 Å². The molecule has 2 unspecified atom stereocenters. The van der Waals surface area contributed by atoms with Crippen LogP contribution in [-0.2, 0) is 4.74 Å². The Morgan fingerprint density at radius 1 is 0.875 bits per heavy atom. The Morgan fingerprint density at radius 2 is 1.25 bits per heavy atom. The van der Waals surface area contributed by atoms with Gasteiger partial charge < -0.3 is 4.74 Å². The zero-order chi connectivity index (χ0) is 11.9. The van der Waals surface area contributed by atoms with Crippen molar-refractivity contribution < 1.29 is 4.74 Å². The Hall–Kier alpha value is 1.44. The molecule has 0 amide bonds. The maximum absolute atomic E-state index is 6.52. The van der Waals surface area contributed by atoms with Crippen LogP contribution >= 0.6 is 69.6 Å². The van der Waals surface area contributed by atoms with Gasteiger partial charge in [0, 0.05) is 11.8 Å². The summed E-state index contributed by atoms with van der Waals surface area (Å²) in [5.74, 6) is -0.201. The summed E-state index contributed by atoms with van der Waals surface area (Å²) in [7, 11) is 0. The second kappa shape index (κ2) is 3.30. The van der Waals surface area contributed by atoms with Gasteiger partial charge in [0.1, 0.15) is 9.75 Å². The molecule has 1 saturated heterocycles. The smallest absolute Gasteiger partial charge is 0.167 e. The molecule has 2 bridgehead atoms. The van der Waals surface area contributed by atoms with Gasteiger partial charge >= 0.3 is 0 Å². The molecule has 1 aliphatic heterocycles. The van der Waals surface area contributed by atoms with Crippen LogP contribution in [-0.4, -0.2) is 27.3 Å². The summed E-state index contributed by atoms with van der Waals surface area (Å²) in [5.41, 5.74) is 0. The van der Waals surface area contributed by atoms with E-state index in [4.69, 9.17) is 74.3 Å². The summed E-state index contributed by atoms with van der Waals surface area (Å²) in [6.45, 7) is 0.897. The van der Waals surface area contributed by atoms with Crippen molar-refractivity contribution in [1.82, 2.24) is 0 Å². The highest BCUT2D eigenvalue weighted by atomic mass is 35.5. The van der Waals surface area contributed by atoms with Crippen molar-refractivity contribution in [2.24, 2.45) is 11.8 Å². The molecule has 1 nitrogen and oxygen atoms in total. The predicted octanol–water partition coefficient (Wildman–Crippen LogP) is 4.09. The van der Waals surface area contributed by atoms with E-state index in [0.717, 1.165) is 0 Å². The highest BCUT2D eigenvalue weighted by Gasteiger charge is 2.83. The molecule has 3 aliphatic rings. The van der Waals surface area contributed by atoms with E-state index in [0.29, 0.717) is 13.2 Å². The van der Waals surface area contributed by atoms with Crippen molar-refractivity contribution in [2.75, 3.05) is 13.2 Å². The van der Waals surface area contributed by atoms with Crippen molar-refractivity contribution in [2.45, 2.75) is 14.1 Å². The minimum Gasteiger partial charge on any atom is -0.381 e. The topological polar surface area (TPSA) is 9.23 Å². The third-order valence-electron chi connectivity index (χ3n) is 3.85. The predicted molar refractivity (Wildman–Crippen MR) is 68.1 cm³/mol. The molecule has 0 N–H and O–H groups in total. The van der Waals surface area contributed by atoms with E-state index in [9.17, 15) is 0 Å². The molecular weight excluding hydrogens is 337 g/mol. The van der Waals surface area contributed by atoms with Gasteiger partial charge in [-0.15, -0.1) is 23.2 Å². The number of hydrogen-bond donors (Lipinski definition) is 0. The second-order valence-corrected chi connectivity index (χ2v) is 7.65. The normalized spacial score (nSPS) is 53.6. The highest BCUT2D eigenvalue weighted by Crippen LogP contribution is 2.77. The Labute approximate surface area is 123 Å². The zero-order valence-electron chi connectivity index (χ0n) is 7.74. The molecular formula is C9H6Cl6O. The minimum atomic E-state index is -1.41. The van der Waals surface area contributed by atoms with Gasteiger partial charge in [-0.05, 0) is 0 Å². The van der Waals surface area contributed by atoms with Gasteiger partial charge in [-0.3, -0.25) is 0 Å². The van der Waals surface area contributed by atoms with Crippen LogP contribution < -0.4 is 0 Å². The fourth-order valence-electron chi connectivity index (χ4n) is 2.99. The molecule has 7 heteroatoms. The Bertz CT molecular complexity index is 373. The van der Waals surface area contributed by atoms with E-state index >= 15 is 0 Å². The van der Waals surface area contributed by atoms with E-state index in [1.165, 1.54) is 0 Å². The first-order chi connectivity index (χ1) is 7.29. The van der Waals surface area contributed by atoms with Crippen LogP contribution in [0.25, 0.3) is 0 Å². The van der Waals surface area contributed by atoms with Crippen LogP contribution in [0.1, 0.15) is 0 Å². The van der Waals surface area contributed by atoms with Crippen molar-refractivity contribution in [3.05, 3.63) is 10.1 Å². The van der Waals surface area contributed by atoms with Crippen molar-refractivity contribution >= 4 is 69.6 Å². The maximum atomic E-state index is 6.52. The van der Waals surface area contributed by atoms with Crippen LogP contribution in [0.15, 0.2) is 10.1 Å². The highest BCUT2D eigenvalue weighted by molar-refractivity contribution is 6.65. The number of hydrogen-bond acceptors (Lipinski definition) is 1. The van der Waals surface area contributed by atoms with Gasteiger partial charge in [0.25, 0.3) is 0 Å². The first-order valence-electron chi connectivity index (χ1n) is 4.69. The Kier molecular flexibility index (Phi) is 2.58. The lowest BCUT2D eigenvalue weighted by Crippen LogP contribution is -2.46. The molecule has 4 atom stereocenters. The maximum Gasteiger partial charge on any atom is 0.167 e. The molecule has 90 valence electrons. The number of rotatable bonds is 0. The Morgan fingerprint density at radius 3 is 1.62 bits per heavy atom. The van der Waals surface area contributed by atoms with Crippen LogP contribution in [0.2, 0.25) is 0 Å². The third kappa shape index (κ3) is 0.976. The molecule has 3 rings (SSSR count). The quantitative estimate of drug-likeness (QED) is 0.602. The summed E-state index contributed by atoms with van der Waals surface area (Å²) < 4.78 is 3.98. The summed E-state index contributed by atoms with van der Waals surface area (Å²) in [5, 5.41) is 0.505. The average Bonchev–Trinajstić information content (AvgIpc) is 2.78. The van der Waals surface area contributed by atoms with E-state index < -0.39 is 14.1 Å².